The second-order valence-electron chi connectivity index (χ2n) is 7.15. The Bertz CT molecular complexity index is 1070. The van der Waals surface area contributed by atoms with Crippen LogP contribution in [-0.2, 0) is 6.61 Å². The van der Waals surface area contributed by atoms with Crippen molar-refractivity contribution in [1.82, 2.24) is 5.43 Å². The van der Waals surface area contributed by atoms with Gasteiger partial charge in [-0.3, -0.25) is 4.79 Å². The van der Waals surface area contributed by atoms with Crippen LogP contribution in [0.4, 0.5) is 0 Å². The summed E-state index contributed by atoms with van der Waals surface area (Å²) in [6.07, 6.45) is 1.56. The Labute approximate surface area is 200 Å². The van der Waals surface area contributed by atoms with E-state index in [1.807, 2.05) is 75.4 Å². The molecule has 0 bridgehead atoms. The summed E-state index contributed by atoms with van der Waals surface area (Å²) in [5, 5.41) is 4.09. The van der Waals surface area contributed by atoms with Crippen molar-refractivity contribution in [2.75, 3.05) is 19.8 Å². The first-order valence-electron chi connectivity index (χ1n) is 11.3. The van der Waals surface area contributed by atoms with Gasteiger partial charge in [0.15, 0.2) is 11.5 Å². The molecule has 7 nitrogen and oxygen atoms in total. The Balaban J connectivity index is 1.68. The predicted molar refractivity (Wildman–Crippen MR) is 132 cm³/mol. The largest absolute Gasteiger partial charge is 0.490 e. The van der Waals surface area contributed by atoms with Crippen molar-refractivity contribution in [2.24, 2.45) is 5.10 Å². The zero-order valence-electron chi connectivity index (χ0n) is 19.7. The Morgan fingerprint density at radius 3 is 2.15 bits per heavy atom. The number of rotatable bonds is 12. The molecule has 0 aliphatic heterocycles. The molecule has 34 heavy (non-hydrogen) atoms. The quantitative estimate of drug-likeness (QED) is 0.295. The normalized spacial score (nSPS) is 10.7. The van der Waals surface area contributed by atoms with Crippen LogP contribution in [0.1, 0.15) is 42.3 Å². The zero-order valence-corrected chi connectivity index (χ0v) is 19.7. The van der Waals surface area contributed by atoms with E-state index in [1.165, 1.54) is 0 Å². The molecular weight excluding hydrogens is 432 g/mol. The highest BCUT2D eigenvalue weighted by Gasteiger charge is 2.18. The van der Waals surface area contributed by atoms with E-state index in [2.05, 4.69) is 10.5 Å². The number of hydrogen-bond acceptors (Lipinski definition) is 6. The van der Waals surface area contributed by atoms with Crippen molar-refractivity contribution in [2.45, 2.75) is 27.4 Å². The first-order valence-corrected chi connectivity index (χ1v) is 11.3. The van der Waals surface area contributed by atoms with Crippen LogP contribution in [-0.4, -0.2) is 31.9 Å². The van der Waals surface area contributed by atoms with E-state index in [0.717, 1.165) is 11.1 Å². The Hall–Kier alpha value is -4.00. The lowest BCUT2D eigenvalue weighted by Crippen LogP contribution is -2.18. The summed E-state index contributed by atoms with van der Waals surface area (Å²) >= 11 is 0. The van der Waals surface area contributed by atoms with Gasteiger partial charge < -0.3 is 18.9 Å². The molecule has 1 N–H and O–H groups in total. The number of amides is 1. The number of hydrogen-bond donors (Lipinski definition) is 1. The van der Waals surface area contributed by atoms with E-state index < -0.39 is 5.91 Å². The third-order valence-electron chi connectivity index (χ3n) is 4.66. The fourth-order valence-electron chi connectivity index (χ4n) is 3.18. The summed E-state index contributed by atoms with van der Waals surface area (Å²) in [7, 11) is 0. The molecule has 0 saturated carbocycles. The molecule has 3 rings (SSSR count). The smallest absolute Gasteiger partial charge is 0.271 e. The number of nitrogens with one attached hydrogen (secondary N) is 1. The molecule has 0 unspecified atom stereocenters. The van der Waals surface area contributed by atoms with E-state index in [4.69, 9.17) is 18.9 Å². The Kier molecular flexibility index (Phi) is 9.34. The van der Waals surface area contributed by atoms with Crippen LogP contribution in [0.5, 0.6) is 23.0 Å². The van der Waals surface area contributed by atoms with Crippen LogP contribution >= 0.6 is 0 Å². The van der Waals surface area contributed by atoms with Gasteiger partial charge in [-0.15, -0.1) is 0 Å². The molecule has 0 aromatic heterocycles. The summed E-state index contributed by atoms with van der Waals surface area (Å²) in [4.78, 5) is 12.7. The maximum Gasteiger partial charge on any atom is 0.271 e. The van der Waals surface area contributed by atoms with E-state index >= 15 is 0 Å². The summed E-state index contributed by atoms with van der Waals surface area (Å²) < 4.78 is 22.9. The average Bonchev–Trinajstić information content (AvgIpc) is 2.85. The van der Waals surface area contributed by atoms with Crippen molar-refractivity contribution in [3.05, 3.63) is 83.4 Å². The van der Waals surface area contributed by atoms with Gasteiger partial charge in [0.05, 0.1) is 26.0 Å². The van der Waals surface area contributed by atoms with Crippen molar-refractivity contribution in [3.8, 4) is 23.0 Å². The molecule has 0 saturated heterocycles. The average molecular weight is 463 g/mol. The molecule has 3 aromatic carbocycles. The highest BCUT2D eigenvalue weighted by Crippen LogP contribution is 2.39. The molecule has 0 fully saturated rings. The molecule has 1 amide bonds. The molecule has 0 aliphatic carbocycles. The molecule has 7 heteroatoms. The lowest BCUT2D eigenvalue weighted by atomic mass is 10.1. The van der Waals surface area contributed by atoms with Gasteiger partial charge in [0.25, 0.3) is 5.91 Å². The highest BCUT2D eigenvalue weighted by molar-refractivity contribution is 5.96. The first kappa shape index (κ1) is 24.6. The number of benzene rings is 3. The molecular formula is C27H30N2O5. The highest BCUT2D eigenvalue weighted by atomic mass is 16.5. The van der Waals surface area contributed by atoms with E-state index in [9.17, 15) is 4.79 Å². The lowest BCUT2D eigenvalue weighted by Gasteiger charge is -2.16. The third kappa shape index (κ3) is 7.00. The number of nitrogens with zero attached hydrogens (tertiary/aromatic N) is 1. The minimum atomic E-state index is -0.391. The van der Waals surface area contributed by atoms with Gasteiger partial charge in [-0.25, -0.2) is 5.43 Å². The van der Waals surface area contributed by atoms with Crippen LogP contribution < -0.4 is 24.4 Å². The van der Waals surface area contributed by atoms with Crippen LogP contribution in [0, 0.1) is 0 Å². The maximum atomic E-state index is 12.7. The summed E-state index contributed by atoms with van der Waals surface area (Å²) in [6, 6.07) is 20.7. The second-order valence-corrected chi connectivity index (χ2v) is 7.15. The first-order chi connectivity index (χ1) is 16.6. The maximum absolute atomic E-state index is 12.7. The van der Waals surface area contributed by atoms with Crippen molar-refractivity contribution < 1.29 is 23.7 Å². The summed E-state index contributed by atoms with van der Waals surface area (Å²) in [5.74, 6) is 1.71. The van der Waals surface area contributed by atoms with Crippen LogP contribution in [0.2, 0.25) is 0 Å². The third-order valence-corrected chi connectivity index (χ3v) is 4.66. The van der Waals surface area contributed by atoms with Gasteiger partial charge in [-0.2, -0.15) is 5.10 Å². The van der Waals surface area contributed by atoms with Crippen LogP contribution in [0.15, 0.2) is 71.8 Å². The second kappa shape index (κ2) is 12.9. The van der Waals surface area contributed by atoms with Crippen molar-refractivity contribution >= 4 is 12.1 Å². The van der Waals surface area contributed by atoms with Gasteiger partial charge in [0.2, 0.25) is 5.75 Å². The van der Waals surface area contributed by atoms with Crippen LogP contribution in [0.3, 0.4) is 0 Å². The molecule has 0 atom stereocenters. The number of carbonyl (C=O) groups is 1. The lowest BCUT2D eigenvalue weighted by molar-refractivity contribution is 0.0954. The summed E-state index contributed by atoms with van der Waals surface area (Å²) in [5.41, 5.74) is 4.79. The van der Waals surface area contributed by atoms with Crippen LogP contribution in [0.25, 0.3) is 0 Å². The SMILES string of the molecule is CCOc1cc(C(=O)NN=Cc2cccc(OCc3ccccc3)c2)cc(OCC)c1OCC. The fourth-order valence-corrected chi connectivity index (χ4v) is 3.18. The van der Waals surface area contributed by atoms with Gasteiger partial charge >= 0.3 is 0 Å². The van der Waals surface area contributed by atoms with E-state index in [1.54, 1.807) is 18.3 Å². The predicted octanol–water partition coefficient (Wildman–Crippen LogP) is 5.23. The van der Waals surface area contributed by atoms with Crippen molar-refractivity contribution in [1.29, 1.82) is 0 Å². The molecule has 0 aliphatic rings. The van der Waals surface area contributed by atoms with E-state index in [-0.39, 0.29) is 0 Å². The standard InChI is InChI=1S/C27H30N2O5/c1-4-31-24-16-22(17-25(32-5-2)26(24)33-6-3)27(30)29-28-18-21-13-10-14-23(15-21)34-19-20-11-8-7-9-12-20/h7-18H,4-6,19H2,1-3H3,(H,29,30). The Morgan fingerprint density at radius 1 is 0.824 bits per heavy atom. The fraction of sp³-hybridized carbons (Fsp3) is 0.259. The number of ether oxygens (including phenoxy) is 4. The molecule has 178 valence electrons. The van der Waals surface area contributed by atoms with E-state index in [0.29, 0.717) is 55.0 Å². The topological polar surface area (TPSA) is 78.4 Å². The Morgan fingerprint density at radius 2 is 1.50 bits per heavy atom. The molecule has 3 aromatic rings. The monoisotopic (exact) mass is 462 g/mol. The van der Waals surface area contributed by atoms with Gasteiger partial charge in [0, 0.05) is 5.56 Å². The molecule has 0 spiro atoms. The number of hydrazone groups is 1. The minimum Gasteiger partial charge on any atom is -0.490 e. The van der Waals surface area contributed by atoms with Crippen molar-refractivity contribution in [3.63, 3.8) is 0 Å². The molecule has 0 heterocycles. The van der Waals surface area contributed by atoms with Gasteiger partial charge in [-0.1, -0.05) is 42.5 Å². The van der Waals surface area contributed by atoms with Gasteiger partial charge in [0.1, 0.15) is 12.4 Å². The van der Waals surface area contributed by atoms with Gasteiger partial charge in [-0.05, 0) is 56.2 Å². The zero-order chi connectivity index (χ0) is 24.2. The molecule has 0 radical (unpaired) electrons. The summed E-state index contributed by atoms with van der Waals surface area (Å²) in [6.45, 7) is 7.39. The number of carbonyl (C=O) groups excluding carboxylic acids is 1. The minimum absolute atomic E-state index is 0.354.